The average molecular weight is 295 g/mol. The van der Waals surface area contributed by atoms with Crippen molar-refractivity contribution >= 4 is 33.6 Å². The third-order valence-electron chi connectivity index (χ3n) is 3.46. The first-order chi connectivity index (χ1) is 10.2. The van der Waals surface area contributed by atoms with Gasteiger partial charge in [0, 0.05) is 10.4 Å². The predicted molar refractivity (Wildman–Crippen MR) is 84.5 cm³/mol. The highest BCUT2D eigenvalue weighted by Gasteiger charge is 2.12. The van der Waals surface area contributed by atoms with Gasteiger partial charge in [-0.15, -0.1) is 0 Å². The Labute approximate surface area is 126 Å². The van der Waals surface area contributed by atoms with E-state index in [9.17, 15) is 0 Å². The molecule has 2 aromatic carbocycles. The first kappa shape index (κ1) is 12.4. The number of aromatic nitrogens is 2. The fourth-order valence-electron chi connectivity index (χ4n) is 2.45. The molecule has 4 rings (SSSR count). The smallest absolute Gasteiger partial charge is 0.155 e. The monoisotopic (exact) mass is 294 g/mol. The second-order valence-electron chi connectivity index (χ2n) is 4.94. The van der Waals surface area contributed by atoms with Gasteiger partial charge in [0.15, 0.2) is 5.76 Å². The predicted octanol–water partition coefficient (Wildman–Crippen LogP) is 5.00. The molecule has 0 spiro atoms. The van der Waals surface area contributed by atoms with Crippen LogP contribution in [-0.4, -0.2) is 9.97 Å². The molecule has 0 saturated carbocycles. The number of rotatable bonds is 1. The number of para-hydroxylation sites is 2. The highest BCUT2D eigenvalue weighted by Crippen LogP contribution is 2.30. The van der Waals surface area contributed by atoms with E-state index in [0.717, 1.165) is 33.4 Å². The zero-order chi connectivity index (χ0) is 14.4. The molecule has 3 nitrogen and oxygen atoms in total. The van der Waals surface area contributed by atoms with E-state index in [-0.39, 0.29) is 0 Å². The lowest BCUT2D eigenvalue weighted by atomic mass is 10.2. The van der Waals surface area contributed by atoms with Crippen molar-refractivity contribution in [3.05, 3.63) is 59.2 Å². The van der Waals surface area contributed by atoms with Gasteiger partial charge in [-0.05, 0) is 43.3 Å². The number of halogens is 1. The van der Waals surface area contributed by atoms with Crippen molar-refractivity contribution in [3.8, 4) is 11.5 Å². The summed E-state index contributed by atoms with van der Waals surface area (Å²) in [7, 11) is 0. The van der Waals surface area contributed by atoms with Gasteiger partial charge in [-0.25, -0.2) is 9.97 Å². The number of hydrogen-bond donors (Lipinski definition) is 0. The fraction of sp³-hybridized carbons (Fsp3) is 0.0588. The number of aryl methyl sites for hydroxylation is 1. The Kier molecular flexibility index (Phi) is 2.69. The van der Waals surface area contributed by atoms with E-state index in [4.69, 9.17) is 16.0 Å². The topological polar surface area (TPSA) is 38.9 Å². The Bertz CT molecular complexity index is 975. The van der Waals surface area contributed by atoms with Crippen molar-refractivity contribution in [1.82, 2.24) is 9.97 Å². The van der Waals surface area contributed by atoms with Crippen molar-refractivity contribution in [2.45, 2.75) is 6.92 Å². The van der Waals surface area contributed by atoms with E-state index in [0.29, 0.717) is 10.8 Å². The van der Waals surface area contributed by atoms with Crippen molar-refractivity contribution in [2.75, 3.05) is 0 Å². The molecule has 0 aliphatic rings. The van der Waals surface area contributed by atoms with Crippen LogP contribution in [0.2, 0.25) is 5.02 Å². The molecule has 0 aliphatic heterocycles. The van der Waals surface area contributed by atoms with Crippen LogP contribution in [0.3, 0.4) is 0 Å². The van der Waals surface area contributed by atoms with Crippen LogP contribution < -0.4 is 0 Å². The first-order valence-electron chi connectivity index (χ1n) is 6.63. The Morgan fingerprint density at radius 2 is 1.71 bits per heavy atom. The molecule has 0 saturated heterocycles. The molecular weight excluding hydrogens is 284 g/mol. The summed E-state index contributed by atoms with van der Waals surface area (Å²) < 4.78 is 5.88. The normalized spacial score (nSPS) is 11.3. The molecule has 0 radical (unpaired) electrons. The van der Waals surface area contributed by atoms with Crippen LogP contribution >= 0.6 is 11.6 Å². The van der Waals surface area contributed by atoms with Gasteiger partial charge < -0.3 is 4.42 Å². The number of furan rings is 1. The molecular formula is C17H11ClN2O. The van der Waals surface area contributed by atoms with E-state index in [1.165, 1.54) is 0 Å². The maximum Gasteiger partial charge on any atom is 0.155 e. The van der Waals surface area contributed by atoms with Crippen LogP contribution in [0, 0.1) is 6.92 Å². The maximum absolute atomic E-state index is 6.01. The maximum atomic E-state index is 6.01. The summed E-state index contributed by atoms with van der Waals surface area (Å²) in [5.74, 6) is 0.711. The van der Waals surface area contributed by atoms with Crippen LogP contribution in [0.25, 0.3) is 33.5 Å². The SMILES string of the molecule is Cc1nc2ccccc2nc1-c1cc2cc(Cl)ccc2o1. The van der Waals surface area contributed by atoms with Crippen LogP contribution in [0.15, 0.2) is 52.9 Å². The summed E-state index contributed by atoms with van der Waals surface area (Å²) in [6.45, 7) is 1.94. The van der Waals surface area contributed by atoms with E-state index in [1.807, 2.05) is 55.5 Å². The molecule has 4 heteroatoms. The van der Waals surface area contributed by atoms with Crippen molar-refractivity contribution < 1.29 is 4.42 Å². The number of hydrogen-bond acceptors (Lipinski definition) is 3. The minimum absolute atomic E-state index is 0.691. The minimum atomic E-state index is 0.691. The molecule has 4 aromatic rings. The van der Waals surface area contributed by atoms with Crippen LogP contribution in [0.4, 0.5) is 0 Å². The van der Waals surface area contributed by atoms with Crippen LogP contribution in [-0.2, 0) is 0 Å². The third-order valence-corrected chi connectivity index (χ3v) is 3.69. The first-order valence-corrected chi connectivity index (χ1v) is 7.01. The van der Waals surface area contributed by atoms with Crippen LogP contribution in [0.5, 0.6) is 0 Å². The van der Waals surface area contributed by atoms with Gasteiger partial charge >= 0.3 is 0 Å². The molecule has 0 unspecified atom stereocenters. The standard InChI is InChI=1S/C17H11ClN2O/c1-10-17(20-14-5-3-2-4-13(14)19-10)16-9-11-8-12(18)6-7-15(11)21-16/h2-9H,1H3. The summed E-state index contributed by atoms with van der Waals surface area (Å²) >= 11 is 6.01. The number of nitrogens with zero attached hydrogens (tertiary/aromatic N) is 2. The van der Waals surface area contributed by atoms with Gasteiger partial charge in [0.1, 0.15) is 11.3 Å². The summed E-state index contributed by atoms with van der Waals surface area (Å²) in [6, 6.07) is 15.3. The number of benzene rings is 2. The summed E-state index contributed by atoms with van der Waals surface area (Å²) in [6.07, 6.45) is 0. The highest BCUT2D eigenvalue weighted by molar-refractivity contribution is 6.31. The lowest BCUT2D eigenvalue weighted by molar-refractivity contribution is 0.628. The second kappa shape index (κ2) is 4.57. The summed E-state index contributed by atoms with van der Waals surface area (Å²) in [4.78, 5) is 9.26. The van der Waals surface area contributed by atoms with E-state index < -0.39 is 0 Å². The molecule has 0 amide bonds. The lowest BCUT2D eigenvalue weighted by Crippen LogP contribution is -1.92. The Morgan fingerprint density at radius 1 is 0.952 bits per heavy atom. The van der Waals surface area contributed by atoms with Gasteiger partial charge in [-0.1, -0.05) is 23.7 Å². The quantitative estimate of drug-likeness (QED) is 0.495. The van der Waals surface area contributed by atoms with Crippen molar-refractivity contribution in [3.63, 3.8) is 0 Å². The molecule has 21 heavy (non-hydrogen) atoms. The minimum Gasteiger partial charge on any atom is -0.454 e. The van der Waals surface area contributed by atoms with Crippen LogP contribution in [0.1, 0.15) is 5.69 Å². The molecule has 0 bridgehead atoms. The molecule has 0 N–H and O–H groups in total. The van der Waals surface area contributed by atoms with Gasteiger partial charge in [-0.2, -0.15) is 0 Å². The molecule has 0 fully saturated rings. The molecule has 0 atom stereocenters. The Hall–Kier alpha value is -2.39. The molecule has 0 aliphatic carbocycles. The Balaban J connectivity index is 1.96. The third kappa shape index (κ3) is 2.06. The van der Waals surface area contributed by atoms with E-state index >= 15 is 0 Å². The van der Waals surface area contributed by atoms with E-state index in [1.54, 1.807) is 0 Å². The second-order valence-corrected chi connectivity index (χ2v) is 5.38. The van der Waals surface area contributed by atoms with Gasteiger partial charge in [0.05, 0.1) is 16.7 Å². The number of fused-ring (bicyclic) bond motifs is 2. The van der Waals surface area contributed by atoms with Crippen molar-refractivity contribution in [1.29, 1.82) is 0 Å². The Morgan fingerprint density at radius 3 is 2.52 bits per heavy atom. The lowest BCUT2D eigenvalue weighted by Gasteiger charge is -2.03. The fourth-order valence-corrected chi connectivity index (χ4v) is 2.63. The summed E-state index contributed by atoms with van der Waals surface area (Å²) in [5.41, 5.74) is 4.15. The zero-order valence-corrected chi connectivity index (χ0v) is 12.1. The van der Waals surface area contributed by atoms with Crippen molar-refractivity contribution in [2.24, 2.45) is 0 Å². The molecule has 2 aromatic heterocycles. The highest BCUT2D eigenvalue weighted by atomic mass is 35.5. The van der Waals surface area contributed by atoms with Gasteiger partial charge in [-0.3, -0.25) is 0 Å². The zero-order valence-electron chi connectivity index (χ0n) is 11.3. The average Bonchev–Trinajstić information content (AvgIpc) is 2.89. The molecule has 102 valence electrons. The van der Waals surface area contributed by atoms with E-state index in [2.05, 4.69) is 9.97 Å². The van der Waals surface area contributed by atoms with Gasteiger partial charge in [0.25, 0.3) is 0 Å². The largest absolute Gasteiger partial charge is 0.454 e. The summed E-state index contributed by atoms with van der Waals surface area (Å²) in [5, 5.41) is 1.66. The van der Waals surface area contributed by atoms with Gasteiger partial charge in [0.2, 0.25) is 0 Å². The molecule has 2 heterocycles.